The summed E-state index contributed by atoms with van der Waals surface area (Å²) in [6.07, 6.45) is 2.17. The quantitative estimate of drug-likeness (QED) is 0.822. The van der Waals surface area contributed by atoms with Crippen LogP contribution in [0.2, 0.25) is 0 Å². The molecule has 122 valence electrons. The monoisotopic (exact) mass is 316 g/mol. The Bertz CT molecular complexity index is 653. The number of hydrogen-bond acceptors (Lipinski definition) is 4. The van der Waals surface area contributed by atoms with Gasteiger partial charge >= 0.3 is 6.03 Å². The molecule has 0 bridgehead atoms. The van der Waals surface area contributed by atoms with Gasteiger partial charge in [0, 0.05) is 20.6 Å². The number of rotatable bonds is 6. The van der Waals surface area contributed by atoms with E-state index in [4.69, 9.17) is 0 Å². The second-order valence-electron chi connectivity index (χ2n) is 5.17. The molecule has 0 aliphatic heterocycles. The van der Waals surface area contributed by atoms with Crippen LogP contribution < -0.4 is 10.6 Å². The molecule has 0 unspecified atom stereocenters. The topological polar surface area (TPSA) is 92.2 Å². The molecule has 0 spiro atoms. The third-order valence-electron chi connectivity index (χ3n) is 3.04. The van der Waals surface area contributed by atoms with E-state index in [1.165, 1.54) is 21.5 Å². The van der Waals surface area contributed by atoms with Crippen LogP contribution in [-0.2, 0) is 17.8 Å². The summed E-state index contributed by atoms with van der Waals surface area (Å²) in [5.41, 5.74) is 1.17. The number of carbonyl (C=O) groups is 2. The first-order valence-electron chi connectivity index (χ1n) is 7.23. The number of aromatic nitrogens is 3. The Hall–Kier alpha value is -2.90. The van der Waals surface area contributed by atoms with E-state index in [9.17, 15) is 9.59 Å². The zero-order chi connectivity index (χ0) is 16.7. The van der Waals surface area contributed by atoms with Gasteiger partial charge in [-0.15, -0.1) is 5.10 Å². The first-order valence-corrected chi connectivity index (χ1v) is 7.23. The highest BCUT2D eigenvalue weighted by Gasteiger charge is 2.09. The molecule has 1 heterocycles. The van der Waals surface area contributed by atoms with Gasteiger partial charge in [-0.2, -0.15) is 9.90 Å². The van der Waals surface area contributed by atoms with Gasteiger partial charge in [0.05, 0.1) is 6.20 Å². The minimum atomic E-state index is -0.302. The zero-order valence-electron chi connectivity index (χ0n) is 13.2. The van der Waals surface area contributed by atoms with Crippen LogP contribution in [0.25, 0.3) is 0 Å². The van der Waals surface area contributed by atoms with Crippen molar-refractivity contribution in [2.24, 2.45) is 0 Å². The summed E-state index contributed by atoms with van der Waals surface area (Å²) < 4.78 is 0. The van der Waals surface area contributed by atoms with Crippen molar-refractivity contribution in [1.29, 1.82) is 0 Å². The van der Waals surface area contributed by atoms with Crippen LogP contribution in [0.3, 0.4) is 0 Å². The molecule has 0 radical (unpaired) electrons. The van der Waals surface area contributed by atoms with E-state index in [1.54, 1.807) is 14.1 Å². The number of nitrogens with zero attached hydrogens (tertiary/aromatic N) is 4. The third-order valence-corrected chi connectivity index (χ3v) is 3.04. The van der Waals surface area contributed by atoms with Gasteiger partial charge in [-0.3, -0.25) is 10.1 Å². The van der Waals surface area contributed by atoms with Gasteiger partial charge in [0.2, 0.25) is 5.91 Å². The number of hydrogen-bond donors (Lipinski definition) is 2. The fraction of sp³-hybridized carbons (Fsp3) is 0.333. The van der Waals surface area contributed by atoms with Gasteiger partial charge in [-0.25, -0.2) is 4.79 Å². The van der Waals surface area contributed by atoms with Gasteiger partial charge in [0.1, 0.15) is 6.54 Å². The fourth-order valence-corrected chi connectivity index (χ4v) is 1.83. The molecule has 2 N–H and O–H groups in total. The van der Waals surface area contributed by atoms with Gasteiger partial charge in [0.25, 0.3) is 0 Å². The first-order chi connectivity index (χ1) is 11.0. The Labute approximate surface area is 134 Å². The molecule has 1 aromatic carbocycles. The van der Waals surface area contributed by atoms with E-state index < -0.39 is 0 Å². The molecule has 23 heavy (non-hydrogen) atoms. The third kappa shape index (κ3) is 5.42. The van der Waals surface area contributed by atoms with Gasteiger partial charge in [-0.05, 0) is 12.0 Å². The number of nitrogens with one attached hydrogen (secondary N) is 2. The SMILES string of the molecule is CN(C)C(=O)Nc1cnn(CC(=O)NCCc2ccccc2)n1. The van der Waals surface area contributed by atoms with E-state index in [-0.39, 0.29) is 18.5 Å². The number of amides is 3. The van der Waals surface area contributed by atoms with Crippen LogP contribution in [0.15, 0.2) is 36.5 Å². The van der Waals surface area contributed by atoms with Crippen molar-refractivity contribution >= 4 is 17.8 Å². The molecule has 0 saturated heterocycles. The molecule has 3 amide bonds. The van der Waals surface area contributed by atoms with Crippen molar-refractivity contribution in [3.05, 3.63) is 42.1 Å². The summed E-state index contributed by atoms with van der Waals surface area (Å²) in [6.45, 7) is 0.557. The lowest BCUT2D eigenvalue weighted by molar-refractivity contribution is -0.122. The minimum absolute atomic E-state index is 0.00657. The normalized spacial score (nSPS) is 10.2. The molecule has 0 saturated carbocycles. The lowest BCUT2D eigenvalue weighted by Gasteiger charge is -2.09. The second kappa shape index (κ2) is 7.92. The molecular weight excluding hydrogens is 296 g/mol. The standard InChI is InChI=1S/C15H20N6O2/c1-20(2)15(23)18-13-10-17-21(19-13)11-14(22)16-9-8-12-6-4-3-5-7-12/h3-7,10H,8-9,11H2,1-2H3,(H,16,22)(H,18,19,23). The number of benzene rings is 1. The highest BCUT2D eigenvalue weighted by Crippen LogP contribution is 2.00. The molecule has 0 atom stereocenters. The smallest absolute Gasteiger partial charge is 0.322 e. The van der Waals surface area contributed by atoms with Crippen LogP contribution in [0.5, 0.6) is 0 Å². The zero-order valence-corrected chi connectivity index (χ0v) is 13.2. The summed E-state index contributed by atoms with van der Waals surface area (Å²) in [4.78, 5) is 25.9. The largest absolute Gasteiger partial charge is 0.354 e. The Kier molecular flexibility index (Phi) is 5.67. The Morgan fingerprint density at radius 3 is 2.65 bits per heavy atom. The maximum absolute atomic E-state index is 11.8. The van der Waals surface area contributed by atoms with Crippen molar-refractivity contribution in [2.75, 3.05) is 26.0 Å². The number of carbonyl (C=O) groups excluding carboxylic acids is 2. The Balaban J connectivity index is 1.75. The lowest BCUT2D eigenvalue weighted by atomic mass is 10.1. The number of anilines is 1. The number of urea groups is 1. The average molecular weight is 316 g/mol. The fourth-order valence-electron chi connectivity index (χ4n) is 1.83. The molecule has 8 heteroatoms. The van der Waals surface area contributed by atoms with Crippen molar-refractivity contribution in [2.45, 2.75) is 13.0 Å². The summed E-state index contributed by atoms with van der Waals surface area (Å²) in [5.74, 6) is 0.128. The highest BCUT2D eigenvalue weighted by molar-refractivity contribution is 5.87. The van der Waals surface area contributed by atoms with E-state index in [2.05, 4.69) is 20.8 Å². The Morgan fingerprint density at radius 2 is 1.96 bits per heavy atom. The molecular formula is C15H20N6O2. The van der Waals surface area contributed by atoms with Crippen LogP contribution in [0, 0.1) is 0 Å². The maximum atomic E-state index is 11.8. The van der Waals surface area contributed by atoms with E-state index >= 15 is 0 Å². The molecule has 2 aromatic rings. The molecule has 8 nitrogen and oxygen atoms in total. The summed E-state index contributed by atoms with van der Waals surface area (Å²) in [6, 6.07) is 9.62. The minimum Gasteiger partial charge on any atom is -0.354 e. The van der Waals surface area contributed by atoms with Gasteiger partial charge in [0.15, 0.2) is 5.82 Å². The van der Waals surface area contributed by atoms with E-state index in [0.29, 0.717) is 12.4 Å². The van der Waals surface area contributed by atoms with Gasteiger partial charge < -0.3 is 10.2 Å². The molecule has 1 aromatic heterocycles. The van der Waals surface area contributed by atoms with Crippen LogP contribution in [-0.4, -0.2) is 52.5 Å². The molecule has 0 fully saturated rings. The lowest BCUT2D eigenvalue weighted by Crippen LogP contribution is -2.30. The molecule has 0 aliphatic carbocycles. The van der Waals surface area contributed by atoms with Crippen molar-refractivity contribution in [3.63, 3.8) is 0 Å². The summed E-state index contributed by atoms with van der Waals surface area (Å²) in [7, 11) is 3.25. The Morgan fingerprint density at radius 1 is 1.22 bits per heavy atom. The van der Waals surface area contributed by atoms with Crippen LogP contribution >= 0.6 is 0 Å². The van der Waals surface area contributed by atoms with Gasteiger partial charge in [-0.1, -0.05) is 30.3 Å². The predicted octanol–water partition coefficient (Wildman–Crippen LogP) is 0.730. The van der Waals surface area contributed by atoms with E-state index in [0.717, 1.165) is 6.42 Å². The van der Waals surface area contributed by atoms with E-state index in [1.807, 2.05) is 30.3 Å². The maximum Gasteiger partial charge on any atom is 0.322 e. The second-order valence-corrected chi connectivity index (χ2v) is 5.17. The highest BCUT2D eigenvalue weighted by atomic mass is 16.2. The predicted molar refractivity (Wildman–Crippen MR) is 85.9 cm³/mol. The first kappa shape index (κ1) is 16.5. The average Bonchev–Trinajstić information content (AvgIpc) is 2.95. The van der Waals surface area contributed by atoms with Crippen molar-refractivity contribution < 1.29 is 9.59 Å². The molecule has 0 aliphatic rings. The van der Waals surface area contributed by atoms with Crippen LogP contribution in [0.1, 0.15) is 5.56 Å². The summed E-state index contributed by atoms with van der Waals surface area (Å²) in [5, 5.41) is 13.3. The van der Waals surface area contributed by atoms with Crippen molar-refractivity contribution in [3.8, 4) is 0 Å². The summed E-state index contributed by atoms with van der Waals surface area (Å²) >= 11 is 0. The van der Waals surface area contributed by atoms with Crippen molar-refractivity contribution in [1.82, 2.24) is 25.2 Å². The van der Waals surface area contributed by atoms with Crippen LogP contribution in [0.4, 0.5) is 10.6 Å². The molecule has 2 rings (SSSR count).